The summed E-state index contributed by atoms with van der Waals surface area (Å²) in [5, 5.41) is 6.05. The molecule has 0 atom stereocenters. The van der Waals surface area contributed by atoms with Gasteiger partial charge in [0.25, 0.3) is 0 Å². The Morgan fingerprint density at radius 2 is 1.95 bits per heavy atom. The second-order valence-electron chi connectivity index (χ2n) is 4.17. The number of hydrogen-bond donors (Lipinski definition) is 2. The van der Waals surface area contributed by atoms with Gasteiger partial charge >= 0.3 is 0 Å². The van der Waals surface area contributed by atoms with Crippen molar-refractivity contribution in [3.05, 3.63) is 29.8 Å². The van der Waals surface area contributed by atoms with Gasteiger partial charge in [-0.15, -0.1) is 6.42 Å². The Hall–Kier alpha value is -2.00. The van der Waals surface area contributed by atoms with Crippen molar-refractivity contribution in [2.45, 2.75) is 18.4 Å². The minimum Gasteiger partial charge on any atom is -0.357 e. The summed E-state index contributed by atoms with van der Waals surface area (Å²) in [6, 6.07) is 6.68. The molecule has 0 radical (unpaired) electrons. The minimum atomic E-state index is -3.15. The van der Waals surface area contributed by atoms with Crippen LogP contribution in [-0.4, -0.2) is 33.7 Å². The fourth-order valence-corrected chi connectivity index (χ4v) is 2.12. The largest absolute Gasteiger partial charge is 0.357 e. The lowest BCUT2D eigenvalue weighted by molar-refractivity contribution is 0.602. The highest BCUT2D eigenvalue weighted by Gasteiger charge is 2.05. The summed E-state index contributed by atoms with van der Waals surface area (Å²) in [5.41, 5.74) is 0.926. The van der Waals surface area contributed by atoms with Crippen LogP contribution in [0.25, 0.3) is 0 Å². The molecule has 108 valence electrons. The van der Waals surface area contributed by atoms with E-state index in [9.17, 15) is 8.42 Å². The van der Waals surface area contributed by atoms with Crippen LogP contribution < -0.4 is 10.6 Å². The summed E-state index contributed by atoms with van der Waals surface area (Å²) >= 11 is 0. The normalized spacial score (nSPS) is 11.8. The first-order valence-electron chi connectivity index (χ1n) is 6.22. The predicted octanol–water partition coefficient (Wildman–Crippen LogP) is 0.778. The summed E-state index contributed by atoms with van der Waals surface area (Å²) in [6.07, 6.45) is 6.37. The first-order valence-corrected chi connectivity index (χ1v) is 8.11. The molecular formula is C14H19N3O2S. The van der Waals surface area contributed by atoms with Gasteiger partial charge in [0.15, 0.2) is 15.8 Å². The molecular weight excluding hydrogens is 274 g/mol. The molecule has 0 aliphatic carbocycles. The second-order valence-corrected chi connectivity index (χ2v) is 6.18. The van der Waals surface area contributed by atoms with Crippen molar-refractivity contribution in [2.24, 2.45) is 4.99 Å². The van der Waals surface area contributed by atoms with E-state index in [1.165, 1.54) is 6.26 Å². The number of terminal acetylenes is 1. The van der Waals surface area contributed by atoms with Gasteiger partial charge < -0.3 is 10.6 Å². The third kappa shape index (κ3) is 5.33. The number of aliphatic imine (C=N–C) groups is 1. The van der Waals surface area contributed by atoms with E-state index in [2.05, 4.69) is 21.5 Å². The van der Waals surface area contributed by atoms with E-state index < -0.39 is 9.84 Å². The summed E-state index contributed by atoms with van der Waals surface area (Å²) in [5.74, 6) is 3.12. The van der Waals surface area contributed by atoms with Crippen molar-refractivity contribution in [2.75, 3.05) is 19.3 Å². The maximum Gasteiger partial charge on any atom is 0.192 e. The Morgan fingerprint density at radius 3 is 2.45 bits per heavy atom. The van der Waals surface area contributed by atoms with Gasteiger partial charge in [-0.05, 0) is 24.6 Å². The van der Waals surface area contributed by atoms with E-state index in [-0.39, 0.29) is 0 Å². The molecule has 20 heavy (non-hydrogen) atoms. The molecule has 0 fully saturated rings. The average molecular weight is 293 g/mol. The maximum atomic E-state index is 11.3. The van der Waals surface area contributed by atoms with Crippen LogP contribution in [0.4, 0.5) is 0 Å². The molecule has 0 heterocycles. The molecule has 5 nitrogen and oxygen atoms in total. The molecule has 0 bridgehead atoms. The van der Waals surface area contributed by atoms with E-state index in [4.69, 9.17) is 6.42 Å². The number of nitrogens with one attached hydrogen (secondary N) is 2. The maximum absolute atomic E-state index is 11.3. The van der Waals surface area contributed by atoms with Crippen LogP contribution in [0, 0.1) is 12.3 Å². The summed E-state index contributed by atoms with van der Waals surface area (Å²) in [6.45, 7) is 3.56. The molecule has 0 aliphatic rings. The molecule has 0 aliphatic heterocycles. The third-order valence-corrected chi connectivity index (χ3v) is 3.60. The molecule has 0 saturated heterocycles. The SMILES string of the molecule is C#CCNC(=NCc1ccc(S(C)(=O)=O)cc1)NCC. The zero-order valence-corrected chi connectivity index (χ0v) is 12.5. The molecule has 1 aromatic rings. The Bertz CT molecular complexity index is 598. The number of sulfone groups is 1. The standard InChI is InChI=1S/C14H19N3O2S/c1-4-10-16-14(15-5-2)17-11-12-6-8-13(9-7-12)20(3,18)19/h1,6-9H,5,10-11H2,2-3H3,(H2,15,16,17). The van der Waals surface area contributed by atoms with Crippen molar-refractivity contribution in [1.29, 1.82) is 0 Å². The van der Waals surface area contributed by atoms with Crippen molar-refractivity contribution >= 4 is 15.8 Å². The Labute approximate surface area is 120 Å². The van der Waals surface area contributed by atoms with Crippen LogP contribution in [0.2, 0.25) is 0 Å². The van der Waals surface area contributed by atoms with Crippen LogP contribution in [0.1, 0.15) is 12.5 Å². The highest BCUT2D eigenvalue weighted by molar-refractivity contribution is 7.90. The Kier molecular flexibility index (Phi) is 6.07. The van der Waals surface area contributed by atoms with Crippen LogP contribution in [0.5, 0.6) is 0 Å². The van der Waals surface area contributed by atoms with E-state index in [1.807, 2.05) is 6.92 Å². The first kappa shape index (κ1) is 16.1. The van der Waals surface area contributed by atoms with Crippen LogP contribution in [0.3, 0.4) is 0 Å². The van der Waals surface area contributed by atoms with Crippen molar-refractivity contribution in [3.8, 4) is 12.3 Å². The second kappa shape index (κ2) is 7.56. The van der Waals surface area contributed by atoms with Gasteiger partial charge in [-0.1, -0.05) is 18.1 Å². The van der Waals surface area contributed by atoms with E-state index >= 15 is 0 Å². The summed E-state index contributed by atoms with van der Waals surface area (Å²) < 4.78 is 22.7. The molecule has 1 aromatic carbocycles. The number of guanidine groups is 1. The summed E-state index contributed by atoms with van der Waals surface area (Å²) in [7, 11) is -3.15. The van der Waals surface area contributed by atoms with E-state index in [0.717, 1.165) is 12.1 Å². The predicted molar refractivity (Wildman–Crippen MR) is 81.2 cm³/mol. The fraction of sp³-hybridized carbons (Fsp3) is 0.357. The van der Waals surface area contributed by atoms with Crippen LogP contribution >= 0.6 is 0 Å². The molecule has 2 N–H and O–H groups in total. The fourth-order valence-electron chi connectivity index (χ4n) is 1.49. The molecule has 0 amide bonds. The Morgan fingerprint density at radius 1 is 1.30 bits per heavy atom. The smallest absolute Gasteiger partial charge is 0.192 e. The molecule has 0 saturated carbocycles. The van der Waals surface area contributed by atoms with Crippen LogP contribution in [-0.2, 0) is 16.4 Å². The quantitative estimate of drug-likeness (QED) is 0.478. The van der Waals surface area contributed by atoms with Gasteiger partial charge in [-0.3, -0.25) is 0 Å². The molecule has 0 aromatic heterocycles. The zero-order chi connectivity index (χ0) is 15.0. The van der Waals surface area contributed by atoms with Gasteiger partial charge in [-0.2, -0.15) is 0 Å². The van der Waals surface area contributed by atoms with Gasteiger partial charge in [-0.25, -0.2) is 13.4 Å². The first-order chi connectivity index (χ1) is 9.47. The average Bonchev–Trinajstić information content (AvgIpc) is 2.41. The van der Waals surface area contributed by atoms with Crippen molar-refractivity contribution in [3.63, 3.8) is 0 Å². The third-order valence-electron chi connectivity index (χ3n) is 2.47. The lowest BCUT2D eigenvalue weighted by Gasteiger charge is -2.08. The Balaban J connectivity index is 2.74. The van der Waals surface area contributed by atoms with E-state index in [0.29, 0.717) is 23.9 Å². The number of benzene rings is 1. The highest BCUT2D eigenvalue weighted by Crippen LogP contribution is 2.10. The highest BCUT2D eigenvalue weighted by atomic mass is 32.2. The van der Waals surface area contributed by atoms with Gasteiger partial charge in [0, 0.05) is 12.8 Å². The molecule has 0 unspecified atom stereocenters. The minimum absolute atomic E-state index is 0.308. The molecule has 6 heteroatoms. The lowest BCUT2D eigenvalue weighted by Crippen LogP contribution is -2.37. The summed E-state index contributed by atoms with van der Waals surface area (Å²) in [4.78, 5) is 4.67. The molecule has 0 spiro atoms. The number of hydrogen-bond acceptors (Lipinski definition) is 3. The van der Waals surface area contributed by atoms with Gasteiger partial charge in [0.05, 0.1) is 18.0 Å². The van der Waals surface area contributed by atoms with Gasteiger partial charge in [0.2, 0.25) is 0 Å². The molecule has 1 rings (SSSR count). The lowest BCUT2D eigenvalue weighted by atomic mass is 10.2. The number of rotatable bonds is 5. The van der Waals surface area contributed by atoms with Crippen molar-refractivity contribution in [1.82, 2.24) is 10.6 Å². The monoisotopic (exact) mass is 293 g/mol. The van der Waals surface area contributed by atoms with Gasteiger partial charge in [0.1, 0.15) is 0 Å². The van der Waals surface area contributed by atoms with Crippen molar-refractivity contribution < 1.29 is 8.42 Å². The zero-order valence-electron chi connectivity index (χ0n) is 11.7. The number of nitrogens with zero attached hydrogens (tertiary/aromatic N) is 1. The topological polar surface area (TPSA) is 70.6 Å². The van der Waals surface area contributed by atoms with Crippen LogP contribution in [0.15, 0.2) is 34.2 Å². The van der Waals surface area contributed by atoms with E-state index in [1.54, 1.807) is 24.3 Å².